The number of piperazine rings is 1. The summed E-state index contributed by atoms with van der Waals surface area (Å²) >= 11 is 3.60. The number of hydrogen-bond acceptors (Lipinski definition) is 5. The summed E-state index contributed by atoms with van der Waals surface area (Å²) in [6, 6.07) is 5.86. The zero-order valence-corrected chi connectivity index (χ0v) is 13.5. The predicted octanol–water partition coefficient (Wildman–Crippen LogP) is 2.46. The second kappa shape index (κ2) is 5.89. The summed E-state index contributed by atoms with van der Waals surface area (Å²) in [5.74, 6) is 1.89. The molecule has 0 unspecified atom stereocenters. The molecule has 2 aromatic heterocycles. The molecule has 1 saturated heterocycles. The number of rotatable bonds is 2. The zero-order chi connectivity index (χ0) is 14.8. The van der Waals surface area contributed by atoms with E-state index >= 15 is 0 Å². The lowest BCUT2D eigenvalue weighted by molar-refractivity contribution is 0.641. The van der Waals surface area contributed by atoms with E-state index in [1.54, 1.807) is 6.20 Å². The molecule has 110 valence electrons. The van der Waals surface area contributed by atoms with Gasteiger partial charge in [-0.1, -0.05) is 0 Å². The van der Waals surface area contributed by atoms with E-state index in [1.807, 2.05) is 25.3 Å². The number of hydrogen-bond donors (Lipinski definition) is 1. The summed E-state index contributed by atoms with van der Waals surface area (Å²) in [7, 11) is 0. The number of nitrogen functional groups attached to an aromatic ring is 1. The SMILES string of the molecule is Cc1cnc(N2CCN(c3ncccc3N)CC2)c(Br)c1. The Morgan fingerprint density at radius 3 is 2.38 bits per heavy atom. The van der Waals surface area contributed by atoms with Crippen LogP contribution in [0.3, 0.4) is 0 Å². The highest BCUT2D eigenvalue weighted by molar-refractivity contribution is 9.10. The van der Waals surface area contributed by atoms with Crippen LogP contribution < -0.4 is 15.5 Å². The first-order valence-electron chi connectivity index (χ1n) is 6.97. The standard InChI is InChI=1S/C15H18BrN5/c1-11-9-12(16)14(19-10-11)20-5-7-21(8-6-20)15-13(17)3-2-4-18-15/h2-4,9-10H,5-8,17H2,1H3. The highest BCUT2D eigenvalue weighted by atomic mass is 79.9. The monoisotopic (exact) mass is 347 g/mol. The fourth-order valence-electron chi connectivity index (χ4n) is 2.56. The second-order valence-corrected chi connectivity index (χ2v) is 6.06. The van der Waals surface area contributed by atoms with Crippen molar-refractivity contribution < 1.29 is 0 Å². The molecule has 1 fully saturated rings. The van der Waals surface area contributed by atoms with Crippen LogP contribution in [-0.2, 0) is 0 Å². The van der Waals surface area contributed by atoms with Gasteiger partial charge in [0, 0.05) is 38.6 Å². The first kappa shape index (κ1) is 14.1. The fraction of sp³-hybridized carbons (Fsp3) is 0.333. The van der Waals surface area contributed by atoms with Crippen molar-refractivity contribution in [3.05, 3.63) is 40.6 Å². The van der Waals surface area contributed by atoms with E-state index in [2.05, 4.69) is 41.8 Å². The smallest absolute Gasteiger partial charge is 0.151 e. The molecule has 0 atom stereocenters. The molecule has 3 heterocycles. The van der Waals surface area contributed by atoms with Crippen LogP contribution in [0.25, 0.3) is 0 Å². The zero-order valence-electron chi connectivity index (χ0n) is 12.0. The first-order chi connectivity index (χ1) is 10.1. The van der Waals surface area contributed by atoms with Gasteiger partial charge in [0.15, 0.2) is 5.82 Å². The second-order valence-electron chi connectivity index (χ2n) is 5.21. The van der Waals surface area contributed by atoms with Gasteiger partial charge in [-0.25, -0.2) is 9.97 Å². The van der Waals surface area contributed by atoms with E-state index in [0.717, 1.165) is 53.5 Å². The van der Waals surface area contributed by atoms with E-state index in [1.165, 1.54) is 0 Å². The molecule has 0 aliphatic carbocycles. The Labute approximate surface area is 132 Å². The van der Waals surface area contributed by atoms with Crippen LogP contribution in [0.5, 0.6) is 0 Å². The number of nitrogens with two attached hydrogens (primary N) is 1. The van der Waals surface area contributed by atoms with Crippen LogP contribution in [0.2, 0.25) is 0 Å². The Hall–Kier alpha value is -1.82. The molecule has 3 rings (SSSR count). The Morgan fingerprint density at radius 2 is 1.76 bits per heavy atom. The molecule has 0 saturated carbocycles. The average Bonchev–Trinajstić information content (AvgIpc) is 2.48. The van der Waals surface area contributed by atoms with Crippen molar-refractivity contribution >= 4 is 33.3 Å². The quantitative estimate of drug-likeness (QED) is 0.904. The highest BCUT2D eigenvalue weighted by Crippen LogP contribution is 2.27. The van der Waals surface area contributed by atoms with E-state index < -0.39 is 0 Å². The third kappa shape index (κ3) is 2.95. The molecule has 21 heavy (non-hydrogen) atoms. The largest absolute Gasteiger partial charge is 0.396 e. The normalized spacial score (nSPS) is 15.3. The van der Waals surface area contributed by atoms with Gasteiger partial charge in [-0.05, 0) is 46.6 Å². The van der Waals surface area contributed by atoms with E-state index in [4.69, 9.17) is 5.73 Å². The molecule has 1 aliphatic heterocycles. The molecular formula is C15H18BrN5. The van der Waals surface area contributed by atoms with Crippen LogP contribution in [0.1, 0.15) is 5.56 Å². The molecule has 0 spiro atoms. The highest BCUT2D eigenvalue weighted by Gasteiger charge is 2.21. The number of aryl methyl sites for hydroxylation is 1. The van der Waals surface area contributed by atoms with Gasteiger partial charge >= 0.3 is 0 Å². The number of halogens is 1. The molecule has 0 bridgehead atoms. The molecule has 1 aliphatic rings. The van der Waals surface area contributed by atoms with Crippen molar-refractivity contribution in [3.63, 3.8) is 0 Å². The minimum absolute atomic E-state index is 0.737. The Bertz CT molecular complexity index is 638. The minimum atomic E-state index is 0.737. The van der Waals surface area contributed by atoms with Crippen molar-refractivity contribution in [3.8, 4) is 0 Å². The molecule has 6 heteroatoms. The maximum absolute atomic E-state index is 6.00. The van der Waals surface area contributed by atoms with Crippen LogP contribution in [0.15, 0.2) is 35.1 Å². The molecule has 0 radical (unpaired) electrons. The summed E-state index contributed by atoms with van der Waals surface area (Å²) in [5.41, 5.74) is 7.89. The molecule has 5 nitrogen and oxygen atoms in total. The summed E-state index contributed by atoms with van der Waals surface area (Å²) < 4.78 is 1.05. The van der Waals surface area contributed by atoms with Crippen molar-refractivity contribution in [1.29, 1.82) is 0 Å². The molecular weight excluding hydrogens is 330 g/mol. The predicted molar refractivity (Wildman–Crippen MR) is 89.7 cm³/mol. The Balaban J connectivity index is 1.72. The van der Waals surface area contributed by atoms with Crippen molar-refractivity contribution in [1.82, 2.24) is 9.97 Å². The lowest BCUT2D eigenvalue weighted by Gasteiger charge is -2.36. The van der Waals surface area contributed by atoms with Gasteiger partial charge in [0.05, 0.1) is 10.2 Å². The van der Waals surface area contributed by atoms with Crippen LogP contribution >= 0.6 is 15.9 Å². The fourth-order valence-corrected chi connectivity index (χ4v) is 3.28. The lowest BCUT2D eigenvalue weighted by atomic mass is 10.2. The van der Waals surface area contributed by atoms with Crippen LogP contribution in [0.4, 0.5) is 17.3 Å². The number of nitrogens with zero attached hydrogens (tertiary/aromatic N) is 4. The molecule has 2 N–H and O–H groups in total. The van der Waals surface area contributed by atoms with Gasteiger partial charge < -0.3 is 15.5 Å². The molecule has 0 aromatic carbocycles. The van der Waals surface area contributed by atoms with Gasteiger partial charge in [-0.3, -0.25) is 0 Å². The summed E-state index contributed by atoms with van der Waals surface area (Å²) in [6.45, 7) is 5.64. The van der Waals surface area contributed by atoms with Crippen LogP contribution in [0, 0.1) is 6.92 Å². The number of aromatic nitrogens is 2. The Kier molecular flexibility index (Phi) is 3.96. The molecule has 2 aromatic rings. The van der Waals surface area contributed by atoms with E-state index in [-0.39, 0.29) is 0 Å². The van der Waals surface area contributed by atoms with Gasteiger partial charge in [0.1, 0.15) is 5.82 Å². The minimum Gasteiger partial charge on any atom is -0.396 e. The van der Waals surface area contributed by atoms with Gasteiger partial charge in [-0.15, -0.1) is 0 Å². The van der Waals surface area contributed by atoms with E-state index in [0.29, 0.717) is 0 Å². The maximum atomic E-state index is 6.00. The van der Waals surface area contributed by atoms with Gasteiger partial charge in [0.2, 0.25) is 0 Å². The Morgan fingerprint density at radius 1 is 1.10 bits per heavy atom. The number of pyridine rings is 2. The van der Waals surface area contributed by atoms with Crippen molar-refractivity contribution in [2.45, 2.75) is 6.92 Å². The lowest BCUT2D eigenvalue weighted by Crippen LogP contribution is -2.47. The van der Waals surface area contributed by atoms with Gasteiger partial charge in [0.25, 0.3) is 0 Å². The van der Waals surface area contributed by atoms with Crippen molar-refractivity contribution in [2.24, 2.45) is 0 Å². The van der Waals surface area contributed by atoms with Gasteiger partial charge in [-0.2, -0.15) is 0 Å². The summed E-state index contributed by atoms with van der Waals surface area (Å²) in [4.78, 5) is 13.4. The molecule has 0 amide bonds. The topological polar surface area (TPSA) is 58.3 Å². The third-order valence-electron chi connectivity index (χ3n) is 3.65. The van der Waals surface area contributed by atoms with Crippen LogP contribution in [-0.4, -0.2) is 36.1 Å². The number of anilines is 3. The summed E-state index contributed by atoms with van der Waals surface area (Å²) in [6.07, 6.45) is 3.69. The first-order valence-corrected chi connectivity index (χ1v) is 7.77. The summed E-state index contributed by atoms with van der Waals surface area (Å²) in [5, 5.41) is 0. The maximum Gasteiger partial charge on any atom is 0.151 e. The van der Waals surface area contributed by atoms with Crippen molar-refractivity contribution in [2.75, 3.05) is 41.7 Å². The average molecular weight is 348 g/mol. The van der Waals surface area contributed by atoms with E-state index in [9.17, 15) is 0 Å². The third-order valence-corrected chi connectivity index (χ3v) is 4.24.